The van der Waals surface area contributed by atoms with E-state index in [0.29, 0.717) is 12.8 Å². The molecule has 1 saturated heterocycles. The molecule has 0 unspecified atom stereocenters. The molecule has 7 nitrogen and oxygen atoms in total. The van der Waals surface area contributed by atoms with Crippen molar-refractivity contribution in [2.45, 2.75) is 30.7 Å². The molecule has 0 spiro atoms. The van der Waals surface area contributed by atoms with Gasteiger partial charge < -0.3 is 5.11 Å². The number of hydrogen-bond donors (Lipinski definition) is 1. The molecule has 1 aromatic heterocycles. The minimum absolute atomic E-state index is 0.0283. The van der Waals surface area contributed by atoms with Gasteiger partial charge in [-0.15, -0.1) is 0 Å². The summed E-state index contributed by atoms with van der Waals surface area (Å²) in [5.41, 5.74) is 0.129. The molecule has 0 radical (unpaired) electrons. The fraction of sp³-hybridized carbons (Fsp3) is 0.462. The first-order chi connectivity index (χ1) is 9.87. The van der Waals surface area contributed by atoms with Crippen molar-refractivity contribution in [2.75, 3.05) is 6.54 Å². The van der Waals surface area contributed by atoms with Crippen molar-refractivity contribution < 1.29 is 18.3 Å². The summed E-state index contributed by atoms with van der Waals surface area (Å²) in [5, 5.41) is 17.8. The number of aliphatic carboxylic acids is 1. The maximum absolute atomic E-state index is 12.6. The molecular formula is C13H15N3O4S. The molecular weight excluding hydrogens is 294 g/mol. The average Bonchev–Trinajstić information content (AvgIpc) is 2.47. The number of hydrogen-bond acceptors (Lipinski definition) is 5. The first-order valence-electron chi connectivity index (χ1n) is 6.48. The Morgan fingerprint density at radius 3 is 2.76 bits per heavy atom. The van der Waals surface area contributed by atoms with E-state index in [9.17, 15) is 13.2 Å². The van der Waals surface area contributed by atoms with E-state index >= 15 is 0 Å². The lowest BCUT2D eigenvalue weighted by molar-refractivity contribution is -0.144. The van der Waals surface area contributed by atoms with E-state index in [1.54, 1.807) is 6.92 Å². The highest BCUT2D eigenvalue weighted by Crippen LogP contribution is 2.29. The van der Waals surface area contributed by atoms with Gasteiger partial charge in [-0.2, -0.15) is 9.57 Å². The number of pyridine rings is 1. The van der Waals surface area contributed by atoms with Gasteiger partial charge in [-0.25, -0.2) is 13.4 Å². The fourth-order valence-electron chi connectivity index (χ4n) is 2.52. The summed E-state index contributed by atoms with van der Waals surface area (Å²) in [6.07, 6.45) is 2.10. The van der Waals surface area contributed by atoms with Gasteiger partial charge in [0.05, 0.1) is 5.92 Å². The summed E-state index contributed by atoms with van der Waals surface area (Å²) in [6, 6.07) is 3.85. The van der Waals surface area contributed by atoms with E-state index in [2.05, 4.69) is 4.98 Å². The van der Waals surface area contributed by atoms with E-state index in [4.69, 9.17) is 10.4 Å². The van der Waals surface area contributed by atoms with E-state index in [-0.39, 0.29) is 17.1 Å². The Kier molecular flexibility index (Phi) is 4.25. The maximum atomic E-state index is 12.6. The molecule has 112 valence electrons. The van der Waals surface area contributed by atoms with Crippen molar-refractivity contribution in [2.24, 2.45) is 5.92 Å². The smallest absolute Gasteiger partial charge is 0.308 e. The summed E-state index contributed by atoms with van der Waals surface area (Å²) in [6.45, 7) is 1.89. The number of carbonyl (C=O) groups is 1. The minimum Gasteiger partial charge on any atom is -0.481 e. The molecule has 1 aliphatic rings. The Bertz CT molecular complexity index is 678. The normalized spacial score (nSPS) is 23.4. The van der Waals surface area contributed by atoms with Crippen LogP contribution in [0.2, 0.25) is 0 Å². The molecule has 0 saturated carbocycles. The summed E-state index contributed by atoms with van der Waals surface area (Å²) in [4.78, 5) is 14.9. The van der Waals surface area contributed by atoms with Crippen LogP contribution in [0.4, 0.5) is 0 Å². The molecule has 0 amide bonds. The highest BCUT2D eigenvalue weighted by Gasteiger charge is 2.39. The van der Waals surface area contributed by atoms with Gasteiger partial charge in [-0.1, -0.05) is 0 Å². The number of rotatable bonds is 3. The van der Waals surface area contributed by atoms with Crippen LogP contribution in [0.25, 0.3) is 0 Å². The number of carboxylic acid groups (broad SMARTS) is 1. The molecule has 0 aromatic carbocycles. The molecule has 1 N–H and O–H groups in total. The first-order valence-corrected chi connectivity index (χ1v) is 7.92. The Labute approximate surface area is 122 Å². The molecule has 1 fully saturated rings. The second-order valence-electron chi connectivity index (χ2n) is 4.93. The first kappa shape index (κ1) is 15.4. The number of piperidine rings is 1. The molecule has 21 heavy (non-hydrogen) atoms. The molecule has 2 rings (SSSR count). The Morgan fingerprint density at radius 1 is 1.52 bits per heavy atom. The molecule has 2 heterocycles. The fourth-order valence-corrected chi connectivity index (χ4v) is 4.17. The zero-order chi connectivity index (χ0) is 15.6. The molecule has 0 aliphatic carbocycles. The molecule has 2 atom stereocenters. The number of aromatic nitrogens is 1. The van der Waals surface area contributed by atoms with Crippen LogP contribution in [0.15, 0.2) is 23.2 Å². The van der Waals surface area contributed by atoms with E-state index in [0.717, 1.165) is 6.20 Å². The van der Waals surface area contributed by atoms with E-state index in [1.807, 2.05) is 6.07 Å². The van der Waals surface area contributed by atoms with Gasteiger partial charge in [0.15, 0.2) is 0 Å². The Morgan fingerprint density at radius 2 is 2.24 bits per heavy atom. The third-order valence-corrected chi connectivity index (χ3v) is 5.67. The second kappa shape index (κ2) is 5.79. The summed E-state index contributed by atoms with van der Waals surface area (Å²) < 4.78 is 26.4. The van der Waals surface area contributed by atoms with Crippen molar-refractivity contribution in [1.29, 1.82) is 5.26 Å². The zero-order valence-electron chi connectivity index (χ0n) is 11.4. The second-order valence-corrected chi connectivity index (χ2v) is 6.82. The SMILES string of the molecule is C[C@@H]1[C@H](C(=O)O)CCCN1S(=O)(=O)c1ccc(C#N)nc1. The third kappa shape index (κ3) is 2.89. The van der Waals surface area contributed by atoms with Gasteiger partial charge in [-0.05, 0) is 31.9 Å². The van der Waals surface area contributed by atoms with Crippen LogP contribution < -0.4 is 0 Å². The lowest BCUT2D eigenvalue weighted by atomic mass is 9.92. The standard InChI is InChI=1S/C13H15N3O4S/c1-9-12(13(17)18)3-2-6-16(9)21(19,20)11-5-4-10(7-14)15-8-11/h4-5,8-9,12H,2-3,6H2,1H3,(H,17,18)/t9-,12-/m1/s1. The lowest BCUT2D eigenvalue weighted by Crippen LogP contribution is -2.49. The molecule has 0 bridgehead atoms. The van der Waals surface area contributed by atoms with E-state index < -0.39 is 28.0 Å². The van der Waals surface area contributed by atoms with Crippen LogP contribution in [0.1, 0.15) is 25.5 Å². The Balaban J connectivity index is 2.34. The summed E-state index contributed by atoms with van der Waals surface area (Å²) >= 11 is 0. The largest absolute Gasteiger partial charge is 0.481 e. The molecule has 1 aromatic rings. The van der Waals surface area contributed by atoms with Crippen LogP contribution in [-0.2, 0) is 14.8 Å². The number of carboxylic acids is 1. The van der Waals surface area contributed by atoms with Crippen LogP contribution in [-0.4, -0.2) is 41.4 Å². The predicted molar refractivity (Wildman–Crippen MR) is 72.7 cm³/mol. The summed E-state index contributed by atoms with van der Waals surface area (Å²) in [7, 11) is -3.80. The summed E-state index contributed by atoms with van der Waals surface area (Å²) in [5.74, 6) is -1.69. The van der Waals surface area contributed by atoms with Crippen LogP contribution in [0.3, 0.4) is 0 Å². The third-order valence-electron chi connectivity index (χ3n) is 3.70. The Hall–Kier alpha value is -1.98. The monoisotopic (exact) mass is 309 g/mol. The van der Waals surface area contributed by atoms with Crippen LogP contribution >= 0.6 is 0 Å². The van der Waals surface area contributed by atoms with Gasteiger partial charge in [0.25, 0.3) is 0 Å². The maximum Gasteiger partial charge on any atom is 0.308 e. The molecule has 1 aliphatic heterocycles. The predicted octanol–water partition coefficient (Wildman–Crippen LogP) is 0.827. The highest BCUT2D eigenvalue weighted by molar-refractivity contribution is 7.89. The lowest BCUT2D eigenvalue weighted by Gasteiger charge is -2.36. The average molecular weight is 309 g/mol. The highest BCUT2D eigenvalue weighted by atomic mass is 32.2. The van der Waals surface area contributed by atoms with E-state index in [1.165, 1.54) is 16.4 Å². The van der Waals surface area contributed by atoms with Crippen molar-refractivity contribution in [3.8, 4) is 6.07 Å². The minimum atomic E-state index is -3.80. The van der Waals surface area contributed by atoms with Crippen molar-refractivity contribution in [3.63, 3.8) is 0 Å². The van der Waals surface area contributed by atoms with Gasteiger partial charge in [0, 0.05) is 18.8 Å². The van der Waals surface area contributed by atoms with Gasteiger partial charge in [-0.3, -0.25) is 4.79 Å². The van der Waals surface area contributed by atoms with Crippen molar-refractivity contribution in [3.05, 3.63) is 24.0 Å². The van der Waals surface area contributed by atoms with Crippen LogP contribution in [0.5, 0.6) is 0 Å². The van der Waals surface area contributed by atoms with Gasteiger partial charge >= 0.3 is 5.97 Å². The number of sulfonamides is 1. The van der Waals surface area contributed by atoms with Crippen molar-refractivity contribution in [1.82, 2.24) is 9.29 Å². The molecule has 8 heteroatoms. The van der Waals surface area contributed by atoms with Crippen LogP contribution in [0, 0.1) is 17.2 Å². The number of nitriles is 1. The zero-order valence-corrected chi connectivity index (χ0v) is 12.2. The topological polar surface area (TPSA) is 111 Å². The van der Waals surface area contributed by atoms with Crippen molar-refractivity contribution >= 4 is 16.0 Å². The number of nitrogens with zero attached hydrogens (tertiary/aromatic N) is 3. The van der Waals surface area contributed by atoms with Gasteiger partial charge in [0.2, 0.25) is 10.0 Å². The van der Waals surface area contributed by atoms with Gasteiger partial charge in [0.1, 0.15) is 16.7 Å². The quantitative estimate of drug-likeness (QED) is 0.885.